The van der Waals surface area contributed by atoms with Gasteiger partial charge in [0.05, 0.1) is 23.6 Å². The fourth-order valence-corrected chi connectivity index (χ4v) is 4.82. The Morgan fingerprint density at radius 1 is 1.32 bits per heavy atom. The normalized spacial score (nSPS) is 15.6. The molecule has 0 fully saturated rings. The van der Waals surface area contributed by atoms with Gasteiger partial charge in [-0.15, -0.1) is 16.8 Å². The van der Waals surface area contributed by atoms with Crippen molar-refractivity contribution < 1.29 is 23.8 Å². The summed E-state index contributed by atoms with van der Waals surface area (Å²) in [4.78, 5) is 28.4. The number of benzene rings is 1. The van der Waals surface area contributed by atoms with E-state index in [-0.39, 0.29) is 5.78 Å². The average molecular weight is 483 g/mol. The summed E-state index contributed by atoms with van der Waals surface area (Å²) in [6.07, 6.45) is 1.29. The molecule has 1 aromatic carbocycles. The van der Waals surface area contributed by atoms with Crippen LogP contribution in [0.2, 0.25) is 0 Å². The van der Waals surface area contributed by atoms with Gasteiger partial charge in [0.25, 0.3) is 0 Å². The zero-order valence-electron chi connectivity index (χ0n) is 19.5. The monoisotopic (exact) mass is 482 g/mol. The standard InChI is InChI=1S/C24H26N4O5S/c1-6-11-28-22(18-12-32-16-9-7-8-10-17(16)33-18)26-27-24(28)34-15(4)21(29)20-13(2)19(14(3)25-20)23(30)31-5/h6-10,15,18,25H,1,11-12H2,2-5H3. The fourth-order valence-electron chi connectivity index (χ4n) is 3.89. The number of fused-ring (bicyclic) bond motifs is 1. The van der Waals surface area contributed by atoms with Gasteiger partial charge in [-0.05, 0) is 38.5 Å². The first-order chi connectivity index (χ1) is 16.3. The van der Waals surface area contributed by atoms with E-state index in [2.05, 4.69) is 21.8 Å². The Morgan fingerprint density at radius 2 is 2.06 bits per heavy atom. The number of aromatic nitrogens is 4. The summed E-state index contributed by atoms with van der Waals surface area (Å²) in [6, 6.07) is 7.46. The number of hydrogen-bond acceptors (Lipinski definition) is 8. The van der Waals surface area contributed by atoms with Crippen molar-refractivity contribution in [2.45, 2.75) is 43.8 Å². The SMILES string of the molecule is C=CCn1c(SC(C)C(=O)c2[nH]c(C)c(C(=O)OC)c2C)nnc1C1COc2ccccc2O1. The molecule has 10 heteroatoms. The molecule has 34 heavy (non-hydrogen) atoms. The van der Waals surface area contributed by atoms with E-state index in [4.69, 9.17) is 14.2 Å². The number of esters is 1. The van der Waals surface area contributed by atoms with Crippen LogP contribution in [0.1, 0.15) is 51.0 Å². The molecular weight excluding hydrogens is 456 g/mol. The summed E-state index contributed by atoms with van der Waals surface area (Å²) in [6.45, 7) is 9.84. The third-order valence-electron chi connectivity index (χ3n) is 5.58. The largest absolute Gasteiger partial charge is 0.485 e. The molecular formula is C24H26N4O5S. The van der Waals surface area contributed by atoms with Crippen molar-refractivity contribution in [1.82, 2.24) is 19.7 Å². The molecule has 0 aliphatic carbocycles. The van der Waals surface area contributed by atoms with Gasteiger partial charge < -0.3 is 19.2 Å². The maximum Gasteiger partial charge on any atom is 0.339 e. The number of ether oxygens (including phenoxy) is 3. The Labute approximate surface area is 201 Å². The number of thioether (sulfide) groups is 1. The number of aromatic amines is 1. The summed E-state index contributed by atoms with van der Waals surface area (Å²) >= 11 is 1.28. The first-order valence-electron chi connectivity index (χ1n) is 10.8. The van der Waals surface area contributed by atoms with Crippen molar-refractivity contribution in [3.8, 4) is 11.5 Å². The van der Waals surface area contributed by atoms with Crippen LogP contribution in [-0.2, 0) is 11.3 Å². The van der Waals surface area contributed by atoms with E-state index in [1.54, 1.807) is 26.8 Å². The van der Waals surface area contributed by atoms with Gasteiger partial charge in [-0.25, -0.2) is 4.79 Å². The maximum absolute atomic E-state index is 13.2. The van der Waals surface area contributed by atoms with Crippen LogP contribution in [0.3, 0.4) is 0 Å². The number of para-hydroxylation sites is 2. The minimum absolute atomic E-state index is 0.151. The first kappa shape index (κ1) is 23.6. The Kier molecular flexibility index (Phi) is 6.78. The smallest absolute Gasteiger partial charge is 0.339 e. The molecule has 0 radical (unpaired) electrons. The molecule has 2 unspecified atom stereocenters. The number of rotatable bonds is 8. The quantitative estimate of drug-likeness (QED) is 0.222. The molecule has 0 bridgehead atoms. The number of hydrogen-bond donors (Lipinski definition) is 1. The second-order valence-corrected chi connectivity index (χ2v) is 9.15. The van der Waals surface area contributed by atoms with E-state index in [0.717, 1.165) is 0 Å². The van der Waals surface area contributed by atoms with E-state index in [9.17, 15) is 9.59 Å². The van der Waals surface area contributed by atoms with Gasteiger partial charge in [0.15, 0.2) is 34.4 Å². The molecule has 0 saturated heterocycles. The molecule has 178 valence electrons. The van der Waals surface area contributed by atoms with E-state index in [0.29, 0.717) is 58.1 Å². The number of H-pyrrole nitrogens is 1. The third kappa shape index (κ3) is 4.33. The second-order valence-electron chi connectivity index (χ2n) is 7.85. The number of allylic oxidation sites excluding steroid dienone is 1. The van der Waals surface area contributed by atoms with Crippen molar-refractivity contribution >= 4 is 23.5 Å². The first-order valence-corrected chi connectivity index (χ1v) is 11.6. The molecule has 2 atom stereocenters. The molecule has 0 saturated carbocycles. The number of carbonyl (C=O) groups excluding carboxylic acids is 2. The highest BCUT2D eigenvalue weighted by atomic mass is 32.2. The molecule has 9 nitrogen and oxygen atoms in total. The van der Waals surface area contributed by atoms with Gasteiger partial charge in [0.1, 0.15) is 6.61 Å². The number of ketones is 1. The number of carbonyl (C=O) groups is 2. The van der Waals surface area contributed by atoms with Gasteiger partial charge in [0.2, 0.25) is 0 Å². The number of methoxy groups -OCH3 is 1. The number of aryl methyl sites for hydroxylation is 1. The summed E-state index contributed by atoms with van der Waals surface area (Å²) in [5, 5.41) is 8.74. The van der Waals surface area contributed by atoms with Gasteiger partial charge in [-0.3, -0.25) is 9.36 Å². The highest BCUT2D eigenvalue weighted by Gasteiger charge is 2.31. The highest BCUT2D eigenvalue weighted by molar-refractivity contribution is 8.00. The van der Waals surface area contributed by atoms with Crippen LogP contribution in [0.5, 0.6) is 11.5 Å². The van der Waals surface area contributed by atoms with Gasteiger partial charge in [-0.1, -0.05) is 30.0 Å². The maximum atomic E-state index is 13.2. The lowest BCUT2D eigenvalue weighted by Crippen LogP contribution is -2.25. The second kappa shape index (κ2) is 9.76. The molecule has 0 spiro atoms. The Hall–Kier alpha value is -3.53. The highest BCUT2D eigenvalue weighted by Crippen LogP contribution is 2.36. The van der Waals surface area contributed by atoms with Gasteiger partial charge >= 0.3 is 5.97 Å². The number of Topliss-reactive ketones (excluding diaryl/α,β-unsaturated/α-hetero) is 1. The molecule has 3 heterocycles. The van der Waals surface area contributed by atoms with E-state index in [1.165, 1.54) is 18.9 Å². The Morgan fingerprint density at radius 3 is 2.76 bits per heavy atom. The molecule has 1 aliphatic heterocycles. The Bertz CT molecular complexity index is 1250. The van der Waals surface area contributed by atoms with E-state index >= 15 is 0 Å². The molecule has 3 aromatic rings. The minimum atomic E-state index is -0.493. The Balaban J connectivity index is 1.57. The lowest BCUT2D eigenvalue weighted by atomic mass is 10.1. The van der Waals surface area contributed by atoms with Gasteiger partial charge in [-0.2, -0.15) is 0 Å². The lowest BCUT2D eigenvalue weighted by Gasteiger charge is -2.26. The van der Waals surface area contributed by atoms with Crippen molar-refractivity contribution in [3.05, 3.63) is 65.3 Å². The molecule has 1 aliphatic rings. The molecule has 1 N–H and O–H groups in total. The predicted octanol–water partition coefficient (Wildman–Crippen LogP) is 4.07. The van der Waals surface area contributed by atoms with Crippen LogP contribution in [0.15, 0.2) is 42.1 Å². The zero-order chi connectivity index (χ0) is 24.4. The van der Waals surface area contributed by atoms with Crippen LogP contribution >= 0.6 is 11.8 Å². The summed E-state index contributed by atoms with van der Waals surface area (Å²) in [5.41, 5.74) is 1.93. The number of nitrogens with one attached hydrogen (secondary N) is 1. The van der Waals surface area contributed by atoms with Crippen LogP contribution in [0.25, 0.3) is 0 Å². The average Bonchev–Trinajstić information content (AvgIpc) is 3.37. The van der Waals surface area contributed by atoms with Crippen LogP contribution in [-0.4, -0.2) is 50.5 Å². The van der Waals surface area contributed by atoms with Crippen LogP contribution in [0, 0.1) is 13.8 Å². The molecule has 4 rings (SSSR count). The van der Waals surface area contributed by atoms with Gasteiger partial charge in [0, 0.05) is 12.2 Å². The van der Waals surface area contributed by atoms with E-state index < -0.39 is 17.3 Å². The van der Waals surface area contributed by atoms with E-state index in [1.807, 2.05) is 28.8 Å². The summed E-state index contributed by atoms with van der Waals surface area (Å²) < 4.78 is 18.6. The number of nitrogens with zero attached hydrogens (tertiary/aromatic N) is 3. The van der Waals surface area contributed by atoms with Crippen molar-refractivity contribution in [2.24, 2.45) is 0 Å². The molecule has 2 aromatic heterocycles. The summed E-state index contributed by atoms with van der Waals surface area (Å²) in [7, 11) is 1.32. The zero-order valence-corrected chi connectivity index (χ0v) is 20.3. The minimum Gasteiger partial charge on any atom is -0.485 e. The summed E-state index contributed by atoms with van der Waals surface area (Å²) in [5.74, 6) is 1.30. The predicted molar refractivity (Wildman–Crippen MR) is 127 cm³/mol. The third-order valence-corrected chi connectivity index (χ3v) is 6.66. The van der Waals surface area contributed by atoms with Crippen LogP contribution < -0.4 is 9.47 Å². The topological polar surface area (TPSA) is 108 Å². The van der Waals surface area contributed by atoms with Crippen molar-refractivity contribution in [3.63, 3.8) is 0 Å². The lowest BCUT2D eigenvalue weighted by molar-refractivity contribution is 0.0599. The van der Waals surface area contributed by atoms with Crippen LogP contribution in [0.4, 0.5) is 0 Å². The fraction of sp³-hybridized carbons (Fsp3) is 0.333. The van der Waals surface area contributed by atoms with Crippen molar-refractivity contribution in [1.29, 1.82) is 0 Å². The molecule has 0 amide bonds. The van der Waals surface area contributed by atoms with Crippen molar-refractivity contribution in [2.75, 3.05) is 13.7 Å².